The lowest BCUT2D eigenvalue weighted by Crippen LogP contribution is -2.28. The number of aromatic nitrogens is 1. The van der Waals surface area contributed by atoms with Crippen LogP contribution in [0.4, 0.5) is 11.4 Å². The van der Waals surface area contributed by atoms with Crippen molar-refractivity contribution in [2.45, 2.75) is 10.8 Å². The fourth-order valence-electron chi connectivity index (χ4n) is 15.1. The molecule has 1 aromatic heterocycles. The molecule has 88 heavy (non-hydrogen) atoms. The minimum absolute atomic E-state index is 0.446. The number of rotatable bonds is 11. The van der Waals surface area contributed by atoms with E-state index in [1.807, 2.05) is 0 Å². The first kappa shape index (κ1) is 51.1. The van der Waals surface area contributed by atoms with Gasteiger partial charge in [0.05, 0.1) is 21.9 Å². The molecule has 0 amide bonds. The normalized spacial score (nSPS) is 13.2. The van der Waals surface area contributed by atoms with Gasteiger partial charge in [-0.1, -0.05) is 285 Å². The molecule has 0 fully saturated rings. The highest BCUT2D eigenvalue weighted by Crippen LogP contribution is 2.58. The smallest absolute Gasteiger partial charge is 0.0714 e. The molecule has 2 nitrogen and oxygen atoms in total. The summed E-state index contributed by atoms with van der Waals surface area (Å²) in [6.07, 6.45) is 0. The second kappa shape index (κ2) is 20.7. The van der Waals surface area contributed by atoms with Gasteiger partial charge >= 0.3 is 0 Å². The number of hydrogen-bond acceptors (Lipinski definition) is 1. The van der Waals surface area contributed by atoms with Crippen molar-refractivity contribution in [1.29, 1.82) is 0 Å². The summed E-state index contributed by atoms with van der Waals surface area (Å²) >= 11 is 0. The van der Waals surface area contributed by atoms with Crippen molar-refractivity contribution in [1.82, 2.24) is 4.57 Å². The molecular formula is C86H58N2. The van der Waals surface area contributed by atoms with E-state index in [0.717, 1.165) is 39.3 Å². The average molecular weight is 1120 g/mol. The number of anilines is 2. The van der Waals surface area contributed by atoms with Crippen molar-refractivity contribution in [2.24, 2.45) is 0 Å². The Hall–Kier alpha value is -11.3. The third kappa shape index (κ3) is 7.96. The van der Waals surface area contributed by atoms with Gasteiger partial charge in [-0.3, -0.25) is 0 Å². The van der Waals surface area contributed by atoms with E-state index in [0.29, 0.717) is 0 Å². The van der Waals surface area contributed by atoms with E-state index in [-0.39, 0.29) is 0 Å². The highest BCUT2D eigenvalue weighted by atomic mass is 15.0. The molecule has 1 heterocycles. The lowest BCUT2D eigenvalue weighted by atomic mass is 9.67. The molecule has 14 aromatic carbocycles. The van der Waals surface area contributed by atoms with Crippen molar-refractivity contribution in [3.63, 3.8) is 0 Å². The maximum absolute atomic E-state index is 4.03. The molecule has 2 aliphatic rings. The standard InChI is InChI=1S/C86H58N2/c1-6-22-65(23-7-1)85(66-24-8-2-9-25-66)79-36-20-17-33-72(79)76-55-62(46-51-80(76)85)60-42-44-61(45-43-60)75-54-63(58-38-40-59(41-39-58)64-48-53-84-77(56-64)74-34-18-21-37-83(74)88(84)70-30-14-5-15-31-70)47-52-82(75)87-69-49-50-73-71-32-16-19-35-78(71)86(81(73)57-69,67-26-10-3-11-27-67)68-28-12-4-13-29-68/h1-57,87H. The second-order valence-electron chi connectivity index (χ2n) is 23.5. The van der Waals surface area contributed by atoms with Gasteiger partial charge in [0.1, 0.15) is 0 Å². The van der Waals surface area contributed by atoms with Crippen LogP contribution in [0.25, 0.3) is 94.3 Å². The summed E-state index contributed by atoms with van der Waals surface area (Å²) in [5, 5.41) is 6.53. The minimum atomic E-state index is -0.516. The molecule has 15 aromatic rings. The third-order valence-corrected chi connectivity index (χ3v) is 19.0. The van der Waals surface area contributed by atoms with E-state index < -0.39 is 10.8 Å². The number of nitrogens with zero attached hydrogens (tertiary/aromatic N) is 1. The fraction of sp³-hybridized carbons (Fsp3) is 0.0233. The minimum Gasteiger partial charge on any atom is -0.355 e. The predicted molar refractivity (Wildman–Crippen MR) is 367 cm³/mol. The summed E-state index contributed by atoms with van der Waals surface area (Å²) in [5.74, 6) is 0. The van der Waals surface area contributed by atoms with Gasteiger partial charge in [0, 0.05) is 33.4 Å². The van der Waals surface area contributed by atoms with Gasteiger partial charge in [-0.2, -0.15) is 0 Å². The quantitative estimate of drug-likeness (QED) is 0.137. The monoisotopic (exact) mass is 1120 g/mol. The Morgan fingerprint density at radius 1 is 0.227 bits per heavy atom. The van der Waals surface area contributed by atoms with Crippen molar-refractivity contribution in [3.05, 3.63) is 390 Å². The summed E-state index contributed by atoms with van der Waals surface area (Å²) in [4.78, 5) is 0. The molecule has 0 bridgehead atoms. The maximum Gasteiger partial charge on any atom is 0.0714 e. The van der Waals surface area contributed by atoms with E-state index in [2.05, 4.69) is 356 Å². The Kier molecular flexibility index (Phi) is 12.0. The van der Waals surface area contributed by atoms with E-state index in [4.69, 9.17) is 0 Å². The molecule has 0 radical (unpaired) electrons. The van der Waals surface area contributed by atoms with Crippen LogP contribution >= 0.6 is 0 Å². The summed E-state index contributed by atoms with van der Waals surface area (Å²) in [6.45, 7) is 0. The summed E-state index contributed by atoms with van der Waals surface area (Å²) in [6, 6.07) is 128. The Balaban J connectivity index is 0.770. The summed E-state index contributed by atoms with van der Waals surface area (Å²) in [5.41, 5.74) is 29.2. The predicted octanol–water partition coefficient (Wildman–Crippen LogP) is 21.9. The SMILES string of the molecule is c1ccc(-n2c3ccccc3c3cc(-c4ccc(-c5ccc(Nc6ccc7c(c6)C(c6ccccc6)(c6ccccc6)c6ccccc6-7)c(-c6ccc(-c7ccc8c(c7)-c7ccccc7C8(c7ccccc7)c7ccccc7)cc6)c5)cc4)ccc32)cc1. The number of hydrogen-bond donors (Lipinski definition) is 1. The van der Waals surface area contributed by atoms with E-state index in [1.165, 1.54) is 111 Å². The molecule has 0 unspecified atom stereocenters. The molecular weight excluding hydrogens is 1060 g/mol. The number of para-hydroxylation sites is 2. The largest absolute Gasteiger partial charge is 0.355 e. The molecule has 0 saturated carbocycles. The average Bonchev–Trinajstić information content (AvgIpc) is 1.77. The Morgan fingerprint density at radius 3 is 1.20 bits per heavy atom. The summed E-state index contributed by atoms with van der Waals surface area (Å²) in [7, 11) is 0. The lowest BCUT2D eigenvalue weighted by Gasteiger charge is -2.34. The van der Waals surface area contributed by atoms with Crippen LogP contribution < -0.4 is 5.32 Å². The van der Waals surface area contributed by atoms with Crippen LogP contribution in [0.1, 0.15) is 44.5 Å². The molecule has 2 aliphatic carbocycles. The van der Waals surface area contributed by atoms with Crippen LogP contribution in [0.5, 0.6) is 0 Å². The molecule has 17 rings (SSSR count). The van der Waals surface area contributed by atoms with Crippen LogP contribution in [-0.2, 0) is 10.8 Å². The zero-order valence-corrected chi connectivity index (χ0v) is 48.4. The Morgan fingerprint density at radius 2 is 0.625 bits per heavy atom. The highest BCUT2D eigenvalue weighted by molar-refractivity contribution is 6.10. The Labute approximate surface area is 513 Å². The van der Waals surface area contributed by atoms with Crippen LogP contribution in [-0.4, -0.2) is 4.57 Å². The molecule has 0 saturated heterocycles. The third-order valence-electron chi connectivity index (χ3n) is 19.0. The first-order valence-corrected chi connectivity index (χ1v) is 30.6. The molecule has 0 aliphatic heterocycles. The zero-order valence-electron chi connectivity index (χ0n) is 48.4. The van der Waals surface area contributed by atoms with E-state index >= 15 is 0 Å². The molecule has 412 valence electrons. The topological polar surface area (TPSA) is 17.0 Å². The number of benzene rings is 14. The molecule has 0 spiro atoms. The highest BCUT2D eigenvalue weighted by Gasteiger charge is 2.47. The van der Waals surface area contributed by atoms with Gasteiger partial charge in [0.25, 0.3) is 0 Å². The fourth-order valence-corrected chi connectivity index (χ4v) is 15.1. The molecule has 2 heteroatoms. The van der Waals surface area contributed by atoms with Gasteiger partial charge < -0.3 is 9.88 Å². The number of nitrogens with one attached hydrogen (secondary N) is 1. The van der Waals surface area contributed by atoms with E-state index in [9.17, 15) is 0 Å². The van der Waals surface area contributed by atoms with Gasteiger partial charge in [0.2, 0.25) is 0 Å². The first-order valence-electron chi connectivity index (χ1n) is 30.6. The van der Waals surface area contributed by atoms with Crippen molar-refractivity contribution >= 4 is 33.2 Å². The van der Waals surface area contributed by atoms with Gasteiger partial charge in [-0.25, -0.2) is 0 Å². The van der Waals surface area contributed by atoms with Gasteiger partial charge in [0.15, 0.2) is 0 Å². The van der Waals surface area contributed by atoms with Crippen molar-refractivity contribution in [2.75, 3.05) is 5.32 Å². The van der Waals surface area contributed by atoms with Crippen LogP contribution in [0, 0.1) is 0 Å². The summed E-state index contributed by atoms with van der Waals surface area (Å²) < 4.78 is 2.38. The second-order valence-corrected chi connectivity index (χ2v) is 23.5. The first-order chi connectivity index (χ1) is 43.6. The number of fused-ring (bicyclic) bond motifs is 9. The maximum atomic E-state index is 4.03. The Bertz CT molecular complexity index is 5040. The van der Waals surface area contributed by atoms with Crippen molar-refractivity contribution < 1.29 is 0 Å². The van der Waals surface area contributed by atoms with E-state index in [1.54, 1.807) is 0 Å². The molecule has 0 atom stereocenters. The van der Waals surface area contributed by atoms with Crippen LogP contribution in [0.3, 0.4) is 0 Å². The zero-order chi connectivity index (χ0) is 58.2. The van der Waals surface area contributed by atoms with Gasteiger partial charge in [-0.05, 0) is 166 Å². The van der Waals surface area contributed by atoms with Crippen LogP contribution in [0.15, 0.2) is 346 Å². The van der Waals surface area contributed by atoms with Gasteiger partial charge in [-0.15, -0.1) is 0 Å². The molecule has 1 N–H and O–H groups in total. The van der Waals surface area contributed by atoms with Crippen LogP contribution in [0.2, 0.25) is 0 Å². The lowest BCUT2D eigenvalue weighted by molar-refractivity contribution is 0.768. The van der Waals surface area contributed by atoms with Crippen molar-refractivity contribution in [3.8, 4) is 72.4 Å².